The fourth-order valence-corrected chi connectivity index (χ4v) is 8.92. The molecule has 3 fully saturated rings. The second-order valence-electron chi connectivity index (χ2n) is 17.4. The number of likely N-dealkylation sites (tertiary alicyclic amines) is 1. The molecular formula is C45H73NO12. The Hall–Kier alpha value is -2.78. The second-order valence-corrected chi connectivity index (χ2v) is 17.4. The normalized spacial score (nSPS) is 30.4. The molecule has 2 saturated heterocycles. The average molecular weight is 820 g/mol. The molecule has 13 unspecified atom stereocenters. The number of aliphatic hydroxyl groups excluding tert-OH is 2. The maximum absolute atomic E-state index is 14.2. The number of methoxy groups -OCH3 is 3. The predicted molar refractivity (Wildman–Crippen MR) is 219 cm³/mol. The smallest absolute Gasteiger partial charge is 0.329 e. The Morgan fingerprint density at radius 3 is 2.33 bits per heavy atom. The van der Waals surface area contributed by atoms with Crippen molar-refractivity contribution >= 4 is 23.4 Å². The van der Waals surface area contributed by atoms with E-state index in [0.717, 1.165) is 12.8 Å². The van der Waals surface area contributed by atoms with Gasteiger partial charge in [0, 0.05) is 46.1 Å². The van der Waals surface area contributed by atoms with Crippen LogP contribution in [0.15, 0.2) is 36.0 Å². The molecule has 13 heteroatoms. The summed E-state index contributed by atoms with van der Waals surface area (Å²) >= 11 is 0. The number of carbonyl (C=O) groups is 4. The summed E-state index contributed by atoms with van der Waals surface area (Å²) in [7, 11) is 4.76. The van der Waals surface area contributed by atoms with Gasteiger partial charge < -0.3 is 43.9 Å². The Kier molecular flexibility index (Phi) is 19.9. The number of nitrogens with zero attached hydrogens (tertiary/aromatic N) is 1. The van der Waals surface area contributed by atoms with Gasteiger partial charge in [0.25, 0.3) is 11.7 Å². The first-order chi connectivity index (χ1) is 27.4. The summed E-state index contributed by atoms with van der Waals surface area (Å²) in [4.78, 5) is 56.6. The molecule has 2 heterocycles. The third-order valence-electron chi connectivity index (χ3n) is 12.6. The van der Waals surface area contributed by atoms with Crippen LogP contribution < -0.4 is 0 Å². The quantitative estimate of drug-likeness (QED) is 0.0592. The van der Waals surface area contributed by atoms with Gasteiger partial charge in [0.1, 0.15) is 12.1 Å². The highest BCUT2D eigenvalue weighted by atomic mass is 16.6. The lowest BCUT2D eigenvalue weighted by Gasteiger charge is -2.41. The zero-order valence-electron chi connectivity index (χ0n) is 36.5. The van der Waals surface area contributed by atoms with Gasteiger partial charge in [0.15, 0.2) is 5.78 Å². The van der Waals surface area contributed by atoms with Crippen LogP contribution in [0.5, 0.6) is 0 Å². The van der Waals surface area contributed by atoms with E-state index in [4.69, 9.17) is 23.7 Å². The molecule has 0 radical (unpaired) electrons. The fraction of sp³-hybridized carbons (Fsp3) is 0.778. The highest BCUT2D eigenvalue weighted by Gasteiger charge is 2.52. The first kappa shape index (κ1) is 49.6. The molecule has 3 N–H and O–H groups in total. The van der Waals surface area contributed by atoms with E-state index in [0.29, 0.717) is 62.0 Å². The van der Waals surface area contributed by atoms with Crippen molar-refractivity contribution in [1.29, 1.82) is 0 Å². The number of piperidine rings is 1. The Balaban J connectivity index is 1.87. The fourth-order valence-electron chi connectivity index (χ4n) is 8.92. The van der Waals surface area contributed by atoms with E-state index in [-0.39, 0.29) is 61.9 Å². The van der Waals surface area contributed by atoms with Crippen molar-refractivity contribution in [3.05, 3.63) is 36.0 Å². The van der Waals surface area contributed by atoms with Crippen LogP contribution in [0.2, 0.25) is 0 Å². The number of carbonyl (C=O) groups excluding carboxylic acids is 4. The lowest BCUT2D eigenvalue weighted by atomic mass is 9.82. The Morgan fingerprint density at radius 2 is 1.71 bits per heavy atom. The summed E-state index contributed by atoms with van der Waals surface area (Å²) in [6.45, 7) is 15.3. The van der Waals surface area contributed by atoms with Crippen molar-refractivity contribution < 1.29 is 58.2 Å². The van der Waals surface area contributed by atoms with Gasteiger partial charge in [-0.1, -0.05) is 45.9 Å². The molecule has 58 heavy (non-hydrogen) atoms. The van der Waals surface area contributed by atoms with Gasteiger partial charge in [0.2, 0.25) is 5.79 Å². The molecule has 3 rings (SSSR count). The molecule has 3 aliphatic rings. The molecule has 0 aromatic carbocycles. The molecule has 0 spiro atoms. The van der Waals surface area contributed by atoms with Crippen LogP contribution in [-0.4, -0.2) is 127 Å². The van der Waals surface area contributed by atoms with Gasteiger partial charge in [-0.25, -0.2) is 4.79 Å². The molecule has 0 aromatic heterocycles. The highest BCUT2D eigenvalue weighted by Crippen LogP contribution is 2.34. The maximum atomic E-state index is 14.2. The summed E-state index contributed by atoms with van der Waals surface area (Å²) in [6.07, 6.45) is 7.55. The summed E-state index contributed by atoms with van der Waals surface area (Å²) in [5.74, 6) is -6.55. The summed E-state index contributed by atoms with van der Waals surface area (Å²) in [5, 5.41) is 33.4. The van der Waals surface area contributed by atoms with Gasteiger partial charge >= 0.3 is 5.97 Å². The first-order valence-corrected chi connectivity index (χ1v) is 21.3. The number of ketones is 2. The van der Waals surface area contributed by atoms with Crippen molar-refractivity contribution in [3.63, 3.8) is 0 Å². The minimum absolute atomic E-state index is 0.0141. The number of hydrogen-bond donors (Lipinski definition) is 3. The molecule has 1 saturated carbocycles. The number of ether oxygens (including phenoxy) is 5. The average Bonchev–Trinajstić information content (AvgIpc) is 3.20. The van der Waals surface area contributed by atoms with Crippen molar-refractivity contribution in [2.24, 2.45) is 29.6 Å². The van der Waals surface area contributed by atoms with Crippen LogP contribution in [0, 0.1) is 29.6 Å². The number of hydrogen-bond acceptors (Lipinski definition) is 12. The number of aliphatic hydroxyl groups is 3. The number of allylic oxidation sites excluding steroid dienone is 4. The zero-order valence-corrected chi connectivity index (χ0v) is 36.5. The third kappa shape index (κ3) is 13.4. The van der Waals surface area contributed by atoms with Crippen LogP contribution in [-0.2, 0) is 42.9 Å². The second kappa shape index (κ2) is 23.3. The molecule has 13 atom stereocenters. The standard InChI is InChI=1S/C45H73NO12/c1-11-14-34(21-28(3)19-27(2)20-31(6)54-8)39(49)25-38(48)32(7)41(29(4)22-33-16-17-37(47)40(24-33)56-10)58-44(52)36-15-12-13-18-46(36)43(51)42(50)45(53)30(5)23-35(55-9)26-57-45/h11,21-22,27-28,30-33,35-38,40-41,47-48,53H,1,12-20,23-26H2,2-10H3/b29-22?,34-21+. The van der Waals surface area contributed by atoms with E-state index in [2.05, 4.69) is 20.4 Å². The summed E-state index contributed by atoms with van der Waals surface area (Å²) in [5.41, 5.74) is 1.21. The van der Waals surface area contributed by atoms with Gasteiger partial charge in [-0.2, -0.15) is 0 Å². The number of esters is 1. The van der Waals surface area contributed by atoms with Gasteiger partial charge in [-0.3, -0.25) is 14.4 Å². The first-order valence-electron chi connectivity index (χ1n) is 21.3. The molecule has 13 nitrogen and oxygen atoms in total. The van der Waals surface area contributed by atoms with Gasteiger partial charge in [0.05, 0.1) is 37.1 Å². The van der Waals surface area contributed by atoms with Gasteiger partial charge in [-0.15, -0.1) is 6.58 Å². The Labute approximate surface area is 346 Å². The lowest BCUT2D eigenvalue weighted by Crippen LogP contribution is -2.61. The summed E-state index contributed by atoms with van der Waals surface area (Å²) in [6, 6.07) is -1.12. The number of Topliss-reactive ketones (excluding diaryl/α,β-unsaturated/α-hetero) is 2. The monoisotopic (exact) mass is 820 g/mol. The molecule has 0 bridgehead atoms. The minimum atomic E-state index is -2.36. The number of rotatable bonds is 21. The van der Waals surface area contributed by atoms with E-state index >= 15 is 0 Å². The Bertz CT molecular complexity index is 1450. The van der Waals surface area contributed by atoms with Crippen molar-refractivity contribution in [2.75, 3.05) is 34.5 Å². The molecule has 2 aliphatic heterocycles. The van der Waals surface area contributed by atoms with Crippen molar-refractivity contribution in [1.82, 2.24) is 4.90 Å². The largest absolute Gasteiger partial charge is 0.456 e. The van der Waals surface area contributed by atoms with E-state index in [9.17, 15) is 34.5 Å². The van der Waals surface area contributed by atoms with Crippen LogP contribution in [0.25, 0.3) is 0 Å². The molecule has 1 amide bonds. The van der Waals surface area contributed by atoms with Crippen LogP contribution >= 0.6 is 0 Å². The molecule has 330 valence electrons. The molecule has 0 aromatic rings. The van der Waals surface area contributed by atoms with Crippen molar-refractivity contribution in [2.45, 2.75) is 161 Å². The number of amides is 1. The van der Waals surface area contributed by atoms with Crippen LogP contribution in [0.4, 0.5) is 0 Å². The SMILES string of the molecule is C=CC/C(=C\C(C)CC(C)CC(C)OC)C(=O)CC(O)C(C)C(OC(=O)C1CCCCN1C(=O)C(=O)C1(O)OCC(OC)CC1C)C(C)=CC1CCC(O)C(OC)C1. The minimum Gasteiger partial charge on any atom is -0.456 e. The molecule has 1 aliphatic carbocycles. The van der Waals surface area contributed by atoms with Crippen molar-refractivity contribution in [3.8, 4) is 0 Å². The highest BCUT2D eigenvalue weighted by molar-refractivity contribution is 6.39. The Morgan fingerprint density at radius 1 is 1.00 bits per heavy atom. The molecular weight excluding hydrogens is 746 g/mol. The maximum Gasteiger partial charge on any atom is 0.329 e. The van der Waals surface area contributed by atoms with E-state index < -0.39 is 59.6 Å². The van der Waals surface area contributed by atoms with Crippen LogP contribution in [0.1, 0.15) is 112 Å². The third-order valence-corrected chi connectivity index (χ3v) is 12.6. The van der Waals surface area contributed by atoms with E-state index in [1.165, 1.54) is 12.0 Å². The van der Waals surface area contributed by atoms with Gasteiger partial charge in [-0.05, 0) is 107 Å². The van der Waals surface area contributed by atoms with E-state index in [1.54, 1.807) is 34.1 Å². The van der Waals surface area contributed by atoms with E-state index in [1.807, 2.05) is 26.0 Å². The topological polar surface area (TPSA) is 178 Å². The predicted octanol–water partition coefficient (Wildman–Crippen LogP) is 5.28. The lowest BCUT2D eigenvalue weighted by molar-refractivity contribution is -0.258. The van der Waals surface area contributed by atoms with Crippen LogP contribution in [0.3, 0.4) is 0 Å². The zero-order chi connectivity index (χ0) is 43.3. The summed E-state index contributed by atoms with van der Waals surface area (Å²) < 4.78 is 28.1.